The Morgan fingerprint density at radius 2 is 2.07 bits per heavy atom. The van der Waals surface area contributed by atoms with Crippen LogP contribution in [0.15, 0.2) is 17.0 Å². The average molecular weight is 417 g/mol. The molecule has 0 spiro atoms. The molecule has 2 heterocycles. The van der Waals surface area contributed by atoms with Gasteiger partial charge in [0.1, 0.15) is 0 Å². The lowest BCUT2D eigenvalue weighted by atomic mass is 9.69. The standard InChI is InChI=1S/C23H36N4OS/c1-5-8-27-14-16(25-23(28)26(6-2)7-3)10-18-19-11-17(29-4)12-20-22(19)15(13-24-20)9-21(18)27/h11-12,15-16,18,21,24H,5-10,13-14H2,1-4H3,(H,25,28)/t15?,16-,18+,21+/m0/s1. The third-order valence-corrected chi connectivity index (χ3v) is 7.82. The van der Waals surface area contributed by atoms with Gasteiger partial charge in [-0.25, -0.2) is 4.79 Å². The molecule has 3 aliphatic rings. The van der Waals surface area contributed by atoms with E-state index in [0.29, 0.717) is 17.9 Å². The van der Waals surface area contributed by atoms with E-state index in [9.17, 15) is 4.79 Å². The van der Waals surface area contributed by atoms with Crippen molar-refractivity contribution in [2.75, 3.05) is 44.3 Å². The van der Waals surface area contributed by atoms with Gasteiger partial charge in [-0.1, -0.05) is 6.92 Å². The molecule has 1 aromatic carbocycles. The van der Waals surface area contributed by atoms with E-state index in [1.165, 1.54) is 17.0 Å². The Balaban J connectivity index is 1.64. The smallest absolute Gasteiger partial charge is 0.317 e. The first-order valence-electron chi connectivity index (χ1n) is 11.3. The van der Waals surface area contributed by atoms with E-state index < -0.39 is 0 Å². The van der Waals surface area contributed by atoms with Crippen LogP contribution >= 0.6 is 11.8 Å². The van der Waals surface area contributed by atoms with Gasteiger partial charge < -0.3 is 15.5 Å². The van der Waals surface area contributed by atoms with Gasteiger partial charge in [-0.2, -0.15) is 0 Å². The second-order valence-electron chi connectivity index (χ2n) is 8.71. The first-order chi connectivity index (χ1) is 14.1. The third kappa shape index (κ3) is 3.86. The number of anilines is 1. The van der Waals surface area contributed by atoms with Crippen LogP contribution in [0.4, 0.5) is 10.5 Å². The minimum absolute atomic E-state index is 0.0911. The molecular weight excluding hydrogens is 380 g/mol. The number of piperidine rings is 1. The zero-order valence-electron chi connectivity index (χ0n) is 18.3. The molecule has 5 nitrogen and oxygen atoms in total. The number of rotatable bonds is 6. The van der Waals surface area contributed by atoms with Crippen molar-refractivity contribution in [3.63, 3.8) is 0 Å². The van der Waals surface area contributed by atoms with Crippen LogP contribution in [0.3, 0.4) is 0 Å². The molecule has 4 rings (SSSR count). The number of likely N-dealkylation sites (tertiary alicyclic amines) is 1. The van der Waals surface area contributed by atoms with Crippen LogP contribution in [0.5, 0.6) is 0 Å². The van der Waals surface area contributed by atoms with E-state index in [1.54, 1.807) is 11.1 Å². The van der Waals surface area contributed by atoms with Gasteiger partial charge in [0, 0.05) is 60.7 Å². The Bertz CT molecular complexity index is 751. The van der Waals surface area contributed by atoms with Gasteiger partial charge in [0.15, 0.2) is 0 Å². The van der Waals surface area contributed by atoms with Gasteiger partial charge in [0.05, 0.1) is 0 Å². The predicted octanol–water partition coefficient (Wildman–Crippen LogP) is 4.31. The SMILES string of the molecule is CCCN1C[C@@H](NC(=O)N(CC)CC)C[C@@H]2c3cc(SC)cc4c3C(CN4)C[C@H]21. The third-order valence-electron chi connectivity index (χ3n) is 7.11. The van der Waals surface area contributed by atoms with Crippen LogP contribution in [0, 0.1) is 0 Å². The summed E-state index contributed by atoms with van der Waals surface area (Å²) in [6.45, 7) is 11.1. The van der Waals surface area contributed by atoms with Crippen molar-refractivity contribution in [1.82, 2.24) is 15.1 Å². The number of fused-ring (bicyclic) bond motifs is 2. The Labute approximate surface area is 180 Å². The van der Waals surface area contributed by atoms with E-state index in [2.05, 4.69) is 54.7 Å². The van der Waals surface area contributed by atoms with E-state index in [4.69, 9.17) is 0 Å². The Morgan fingerprint density at radius 3 is 2.76 bits per heavy atom. The lowest BCUT2D eigenvalue weighted by Crippen LogP contribution is -2.58. The first kappa shape index (κ1) is 20.9. The van der Waals surface area contributed by atoms with Crippen LogP contribution in [0.2, 0.25) is 0 Å². The van der Waals surface area contributed by atoms with Crippen molar-refractivity contribution < 1.29 is 4.79 Å². The average Bonchev–Trinajstić information content (AvgIpc) is 3.13. The number of nitrogens with zero attached hydrogens (tertiary/aromatic N) is 2. The highest BCUT2D eigenvalue weighted by Gasteiger charge is 2.45. The fourth-order valence-electron chi connectivity index (χ4n) is 5.79. The summed E-state index contributed by atoms with van der Waals surface area (Å²) in [6.07, 6.45) is 5.62. The largest absolute Gasteiger partial charge is 0.384 e. The first-order valence-corrected chi connectivity index (χ1v) is 12.6. The van der Waals surface area contributed by atoms with E-state index in [1.807, 2.05) is 16.7 Å². The van der Waals surface area contributed by atoms with Gasteiger partial charge in [0.2, 0.25) is 0 Å². The van der Waals surface area contributed by atoms with Gasteiger partial charge in [-0.15, -0.1) is 11.8 Å². The Kier molecular flexibility index (Phi) is 6.30. The van der Waals surface area contributed by atoms with E-state index in [0.717, 1.165) is 45.6 Å². The number of benzene rings is 1. The fraction of sp³-hybridized carbons (Fsp3) is 0.696. The van der Waals surface area contributed by atoms with Crippen molar-refractivity contribution in [2.45, 2.75) is 68.8 Å². The van der Waals surface area contributed by atoms with Gasteiger partial charge in [-0.05, 0) is 69.2 Å². The molecule has 29 heavy (non-hydrogen) atoms. The molecule has 2 amide bonds. The number of hydrogen-bond donors (Lipinski definition) is 2. The molecule has 2 aliphatic heterocycles. The van der Waals surface area contributed by atoms with Crippen molar-refractivity contribution >= 4 is 23.5 Å². The molecule has 0 bridgehead atoms. The summed E-state index contributed by atoms with van der Waals surface area (Å²) >= 11 is 1.83. The highest BCUT2D eigenvalue weighted by Crippen LogP contribution is 2.51. The number of hydrogen-bond acceptors (Lipinski definition) is 4. The van der Waals surface area contributed by atoms with Crippen LogP contribution in [0.25, 0.3) is 0 Å². The van der Waals surface area contributed by atoms with Crippen molar-refractivity contribution in [2.24, 2.45) is 0 Å². The molecule has 0 aromatic heterocycles. The number of thioether (sulfide) groups is 1. The maximum absolute atomic E-state index is 12.7. The van der Waals surface area contributed by atoms with Crippen LogP contribution in [0.1, 0.15) is 63.0 Å². The molecule has 0 radical (unpaired) electrons. The molecule has 0 saturated carbocycles. The zero-order chi connectivity index (χ0) is 20.5. The summed E-state index contributed by atoms with van der Waals surface area (Å²) in [6, 6.07) is 5.68. The highest BCUT2D eigenvalue weighted by atomic mass is 32.2. The van der Waals surface area contributed by atoms with Crippen molar-refractivity contribution in [1.29, 1.82) is 0 Å². The van der Waals surface area contributed by atoms with Crippen LogP contribution < -0.4 is 10.6 Å². The van der Waals surface area contributed by atoms with Crippen molar-refractivity contribution in [3.05, 3.63) is 23.3 Å². The van der Waals surface area contributed by atoms with Crippen LogP contribution in [-0.2, 0) is 0 Å². The molecule has 1 fully saturated rings. The van der Waals surface area contributed by atoms with Crippen LogP contribution in [-0.4, -0.2) is 66.9 Å². The van der Waals surface area contributed by atoms with E-state index >= 15 is 0 Å². The maximum atomic E-state index is 12.7. The summed E-state index contributed by atoms with van der Waals surface area (Å²) in [5.41, 5.74) is 4.46. The molecule has 1 unspecified atom stereocenters. The zero-order valence-corrected chi connectivity index (χ0v) is 19.1. The second-order valence-corrected chi connectivity index (χ2v) is 9.59. The topological polar surface area (TPSA) is 47.6 Å². The fourth-order valence-corrected chi connectivity index (χ4v) is 6.27. The molecule has 1 saturated heterocycles. The van der Waals surface area contributed by atoms with E-state index in [-0.39, 0.29) is 12.1 Å². The molecule has 160 valence electrons. The van der Waals surface area contributed by atoms with Crippen molar-refractivity contribution in [3.8, 4) is 0 Å². The summed E-state index contributed by atoms with van der Waals surface area (Å²) in [4.78, 5) is 18.7. The number of amides is 2. The molecular formula is C23H36N4OS. The summed E-state index contributed by atoms with van der Waals surface area (Å²) < 4.78 is 0. The van der Waals surface area contributed by atoms with Gasteiger partial charge in [-0.3, -0.25) is 4.90 Å². The number of carbonyl (C=O) groups excluding carboxylic acids is 1. The normalized spacial score (nSPS) is 27.7. The number of nitrogens with one attached hydrogen (secondary N) is 2. The maximum Gasteiger partial charge on any atom is 0.317 e. The summed E-state index contributed by atoms with van der Waals surface area (Å²) in [5.74, 6) is 1.15. The van der Waals surface area contributed by atoms with Gasteiger partial charge in [0.25, 0.3) is 0 Å². The number of urea groups is 1. The lowest BCUT2D eigenvalue weighted by molar-refractivity contribution is 0.0837. The summed E-state index contributed by atoms with van der Waals surface area (Å²) in [5, 5.41) is 7.05. The molecule has 4 atom stereocenters. The molecule has 1 aliphatic carbocycles. The summed E-state index contributed by atoms with van der Waals surface area (Å²) in [7, 11) is 0. The minimum Gasteiger partial charge on any atom is -0.384 e. The Morgan fingerprint density at radius 1 is 1.28 bits per heavy atom. The molecule has 1 aromatic rings. The number of carbonyl (C=O) groups is 1. The molecule has 2 N–H and O–H groups in total. The molecule has 6 heteroatoms. The predicted molar refractivity (Wildman–Crippen MR) is 122 cm³/mol. The monoisotopic (exact) mass is 416 g/mol. The minimum atomic E-state index is 0.0911. The lowest BCUT2D eigenvalue weighted by Gasteiger charge is -2.49. The highest BCUT2D eigenvalue weighted by molar-refractivity contribution is 7.98. The van der Waals surface area contributed by atoms with Gasteiger partial charge >= 0.3 is 6.03 Å². The quantitative estimate of drug-likeness (QED) is 0.679. The second kappa shape index (κ2) is 8.76. The Hall–Kier alpha value is -1.40.